The van der Waals surface area contributed by atoms with E-state index in [2.05, 4.69) is 5.32 Å². The first-order valence-electron chi connectivity index (χ1n) is 11.4. The molecule has 0 spiro atoms. The number of rotatable bonds is 7. The van der Waals surface area contributed by atoms with Crippen LogP contribution in [0.4, 0.5) is 4.39 Å². The fraction of sp³-hybridized carbons (Fsp3) is 0.207. The zero-order valence-electron chi connectivity index (χ0n) is 19.8. The molecule has 5 heteroatoms. The normalized spacial score (nSPS) is 12.6. The highest BCUT2D eigenvalue weighted by Crippen LogP contribution is 2.40. The van der Waals surface area contributed by atoms with E-state index in [-0.39, 0.29) is 17.8 Å². The molecule has 0 saturated heterocycles. The first kappa shape index (κ1) is 23.3. The van der Waals surface area contributed by atoms with Gasteiger partial charge in [-0.3, -0.25) is 4.79 Å². The number of hydrogen-bond donors (Lipinski definition) is 1. The Hall–Kier alpha value is -3.86. The van der Waals surface area contributed by atoms with E-state index in [9.17, 15) is 9.18 Å². The second-order valence-electron chi connectivity index (χ2n) is 8.31. The first-order chi connectivity index (χ1) is 16.4. The Morgan fingerprint density at radius 2 is 1.85 bits per heavy atom. The van der Waals surface area contributed by atoms with Crippen LogP contribution in [0.5, 0.6) is 5.75 Å². The quantitative estimate of drug-likeness (QED) is 0.298. The van der Waals surface area contributed by atoms with E-state index in [1.807, 2.05) is 64.1 Å². The topological polar surface area (TPSA) is 51.5 Å². The van der Waals surface area contributed by atoms with E-state index < -0.39 is 0 Å². The Kier molecular flexibility index (Phi) is 6.82. The maximum atomic E-state index is 13.4. The minimum absolute atomic E-state index is 0.118. The van der Waals surface area contributed by atoms with Gasteiger partial charge in [-0.15, -0.1) is 0 Å². The Bertz CT molecular complexity index is 1340. The number of ether oxygens (including phenoxy) is 1. The third-order valence-corrected chi connectivity index (χ3v) is 5.92. The molecule has 1 aromatic heterocycles. The van der Waals surface area contributed by atoms with Gasteiger partial charge in [0.2, 0.25) is 5.91 Å². The lowest BCUT2D eigenvalue weighted by molar-refractivity contribution is -0.117. The third-order valence-electron chi connectivity index (χ3n) is 5.92. The van der Waals surface area contributed by atoms with Crippen LogP contribution in [0.15, 0.2) is 77.4 Å². The molecule has 1 amide bonds. The number of hydrogen-bond acceptors (Lipinski definition) is 3. The molecule has 0 aliphatic heterocycles. The summed E-state index contributed by atoms with van der Waals surface area (Å²) in [7, 11) is 0. The standard InChI is InChI=1S/C29H28FNO3/c1-5-33-28-19(3)29-25(26(17-34-29)22-11-13-23(30)14-12-22)16-24(28)18(2)15-27(32)31-20(4)21-9-7-6-8-10-21/h6-17,20H,5H2,1-4H3,(H,31,32)/b18-15+. The van der Waals surface area contributed by atoms with Crippen molar-refractivity contribution in [1.29, 1.82) is 0 Å². The monoisotopic (exact) mass is 457 g/mol. The predicted octanol–water partition coefficient (Wildman–Crippen LogP) is 7.23. The summed E-state index contributed by atoms with van der Waals surface area (Å²) < 4.78 is 25.3. The number of aryl methyl sites for hydroxylation is 1. The van der Waals surface area contributed by atoms with Crippen LogP contribution in [-0.4, -0.2) is 12.5 Å². The number of benzene rings is 3. The minimum atomic E-state index is -0.290. The Balaban J connectivity index is 1.73. The average Bonchev–Trinajstić information content (AvgIpc) is 3.26. The summed E-state index contributed by atoms with van der Waals surface area (Å²) in [6.45, 7) is 8.20. The molecule has 3 aromatic carbocycles. The Labute approximate surface area is 199 Å². The second kappa shape index (κ2) is 9.96. The zero-order valence-corrected chi connectivity index (χ0v) is 19.8. The van der Waals surface area contributed by atoms with Crippen molar-refractivity contribution in [3.63, 3.8) is 0 Å². The van der Waals surface area contributed by atoms with Gasteiger partial charge in [-0.25, -0.2) is 4.39 Å². The summed E-state index contributed by atoms with van der Waals surface area (Å²) in [5, 5.41) is 3.91. The van der Waals surface area contributed by atoms with Gasteiger partial charge in [-0.2, -0.15) is 0 Å². The highest BCUT2D eigenvalue weighted by molar-refractivity contribution is 6.01. The SMILES string of the molecule is CCOc1c(/C(C)=C/C(=O)NC(C)c2ccccc2)cc2c(-c3ccc(F)cc3)coc2c1C. The summed E-state index contributed by atoms with van der Waals surface area (Å²) in [6, 6.07) is 18.0. The number of fused-ring (bicyclic) bond motifs is 1. The van der Waals surface area contributed by atoms with Crippen molar-refractivity contribution in [2.45, 2.75) is 33.7 Å². The third kappa shape index (κ3) is 4.74. The summed E-state index contributed by atoms with van der Waals surface area (Å²) >= 11 is 0. The Morgan fingerprint density at radius 1 is 1.15 bits per heavy atom. The number of carbonyl (C=O) groups excluding carboxylic acids is 1. The van der Waals surface area contributed by atoms with Crippen molar-refractivity contribution in [2.24, 2.45) is 0 Å². The summed E-state index contributed by atoms with van der Waals surface area (Å²) in [6.07, 6.45) is 3.28. The fourth-order valence-electron chi connectivity index (χ4n) is 4.15. The molecule has 174 valence electrons. The van der Waals surface area contributed by atoms with Crippen LogP contribution in [0.2, 0.25) is 0 Å². The molecule has 0 bridgehead atoms. The van der Waals surface area contributed by atoms with E-state index in [4.69, 9.17) is 9.15 Å². The largest absolute Gasteiger partial charge is 0.493 e. The second-order valence-corrected chi connectivity index (χ2v) is 8.31. The summed E-state index contributed by atoms with van der Waals surface area (Å²) in [5.74, 6) is 0.217. The molecular weight excluding hydrogens is 429 g/mol. The van der Waals surface area contributed by atoms with Crippen LogP contribution in [0.25, 0.3) is 27.7 Å². The van der Waals surface area contributed by atoms with Gasteiger partial charge in [0.15, 0.2) is 0 Å². The molecule has 1 N–H and O–H groups in total. The lowest BCUT2D eigenvalue weighted by Crippen LogP contribution is -2.24. The van der Waals surface area contributed by atoms with E-state index >= 15 is 0 Å². The highest BCUT2D eigenvalue weighted by Gasteiger charge is 2.19. The fourth-order valence-corrected chi connectivity index (χ4v) is 4.15. The molecule has 0 aliphatic carbocycles. The lowest BCUT2D eigenvalue weighted by atomic mass is 9.96. The predicted molar refractivity (Wildman–Crippen MR) is 134 cm³/mol. The molecule has 4 aromatic rings. The molecule has 1 unspecified atom stereocenters. The number of furan rings is 1. The molecule has 0 radical (unpaired) electrons. The number of carbonyl (C=O) groups is 1. The molecule has 34 heavy (non-hydrogen) atoms. The first-order valence-corrected chi connectivity index (χ1v) is 11.4. The lowest BCUT2D eigenvalue weighted by Gasteiger charge is -2.16. The van der Waals surface area contributed by atoms with Crippen LogP contribution in [0.1, 0.15) is 43.5 Å². The Morgan fingerprint density at radius 3 is 2.53 bits per heavy atom. The van der Waals surface area contributed by atoms with Gasteiger partial charge in [0.25, 0.3) is 0 Å². The van der Waals surface area contributed by atoms with Crippen molar-refractivity contribution in [1.82, 2.24) is 5.32 Å². The van der Waals surface area contributed by atoms with Gasteiger partial charge in [0, 0.05) is 28.2 Å². The minimum Gasteiger partial charge on any atom is -0.493 e. The van der Waals surface area contributed by atoms with Crippen LogP contribution >= 0.6 is 0 Å². The van der Waals surface area contributed by atoms with Crippen molar-refractivity contribution < 1.29 is 18.3 Å². The van der Waals surface area contributed by atoms with E-state index in [1.165, 1.54) is 12.1 Å². The van der Waals surface area contributed by atoms with E-state index in [0.29, 0.717) is 17.9 Å². The van der Waals surface area contributed by atoms with Crippen molar-refractivity contribution in [2.75, 3.05) is 6.61 Å². The molecule has 1 heterocycles. The van der Waals surface area contributed by atoms with Gasteiger partial charge in [0.1, 0.15) is 17.1 Å². The zero-order chi connectivity index (χ0) is 24.2. The number of allylic oxidation sites excluding steroid dienone is 1. The molecule has 4 nitrogen and oxygen atoms in total. The number of amides is 1. The summed E-state index contributed by atoms with van der Waals surface area (Å²) in [5.41, 5.74) is 5.91. The summed E-state index contributed by atoms with van der Waals surface area (Å²) in [4.78, 5) is 12.8. The molecule has 0 saturated carbocycles. The number of halogens is 1. The van der Waals surface area contributed by atoms with Gasteiger partial charge in [0.05, 0.1) is 18.9 Å². The van der Waals surface area contributed by atoms with Gasteiger partial charge in [-0.1, -0.05) is 42.5 Å². The van der Waals surface area contributed by atoms with Crippen LogP contribution in [0, 0.1) is 12.7 Å². The number of nitrogens with one attached hydrogen (secondary N) is 1. The highest BCUT2D eigenvalue weighted by atomic mass is 19.1. The molecular formula is C29H28FNO3. The van der Waals surface area contributed by atoms with E-state index in [0.717, 1.165) is 38.8 Å². The van der Waals surface area contributed by atoms with Crippen molar-refractivity contribution >= 4 is 22.4 Å². The van der Waals surface area contributed by atoms with Crippen LogP contribution in [0.3, 0.4) is 0 Å². The molecule has 0 fully saturated rings. The van der Waals surface area contributed by atoms with Gasteiger partial charge >= 0.3 is 0 Å². The van der Waals surface area contributed by atoms with Gasteiger partial charge in [-0.05, 0) is 62.6 Å². The maximum Gasteiger partial charge on any atom is 0.244 e. The van der Waals surface area contributed by atoms with Crippen molar-refractivity contribution in [3.05, 3.63) is 95.5 Å². The van der Waals surface area contributed by atoms with Crippen molar-refractivity contribution in [3.8, 4) is 16.9 Å². The van der Waals surface area contributed by atoms with Crippen LogP contribution < -0.4 is 10.1 Å². The maximum absolute atomic E-state index is 13.4. The van der Waals surface area contributed by atoms with E-state index in [1.54, 1.807) is 24.5 Å². The van der Waals surface area contributed by atoms with Gasteiger partial charge < -0.3 is 14.5 Å². The average molecular weight is 458 g/mol. The smallest absolute Gasteiger partial charge is 0.244 e. The molecule has 1 atom stereocenters. The van der Waals surface area contributed by atoms with Crippen LogP contribution in [-0.2, 0) is 4.79 Å². The molecule has 4 rings (SSSR count). The molecule has 0 aliphatic rings.